The fraction of sp³-hybridized carbons (Fsp3) is 0.190. The van der Waals surface area contributed by atoms with E-state index in [2.05, 4.69) is 15.4 Å². The van der Waals surface area contributed by atoms with Crippen molar-refractivity contribution in [3.63, 3.8) is 0 Å². The Morgan fingerprint density at radius 2 is 1.93 bits per heavy atom. The topological polar surface area (TPSA) is 69.0 Å². The molecule has 1 atom stereocenters. The molecule has 3 aromatic rings. The number of carbonyl (C=O) groups is 1. The number of halogens is 2. The number of anilines is 1. The number of nitrogens with one attached hydrogen (secondary N) is 1. The molecule has 148 valence electrons. The van der Waals surface area contributed by atoms with Crippen LogP contribution in [0.2, 0.25) is 10.0 Å². The summed E-state index contributed by atoms with van der Waals surface area (Å²) in [5.41, 5.74) is 2.55. The van der Waals surface area contributed by atoms with E-state index in [1.165, 1.54) is 0 Å². The Balaban J connectivity index is 1.91. The van der Waals surface area contributed by atoms with Crippen LogP contribution in [0.1, 0.15) is 25.5 Å². The molecule has 0 amide bonds. The summed E-state index contributed by atoms with van der Waals surface area (Å²) in [6, 6.07) is 14.3. The summed E-state index contributed by atoms with van der Waals surface area (Å²) < 4.78 is 6.96. The van der Waals surface area contributed by atoms with Crippen molar-refractivity contribution in [1.82, 2.24) is 14.8 Å². The molecule has 0 aliphatic carbocycles. The number of hydrogen-bond acceptors (Lipinski definition) is 5. The smallest absolute Gasteiger partial charge is 0.338 e. The number of benzene rings is 2. The monoisotopic (exact) mass is 428 g/mol. The zero-order chi connectivity index (χ0) is 20.5. The van der Waals surface area contributed by atoms with Gasteiger partial charge in [-0.3, -0.25) is 0 Å². The van der Waals surface area contributed by atoms with Gasteiger partial charge in [-0.05, 0) is 19.9 Å². The molecule has 1 aliphatic heterocycles. The number of allylic oxidation sites excluding steroid dienone is 1. The third kappa shape index (κ3) is 3.50. The van der Waals surface area contributed by atoms with E-state index >= 15 is 0 Å². The van der Waals surface area contributed by atoms with E-state index in [1.807, 2.05) is 36.4 Å². The maximum Gasteiger partial charge on any atom is 0.338 e. The molecule has 1 N–H and O–H groups in total. The lowest BCUT2D eigenvalue weighted by Gasteiger charge is -2.28. The first-order chi connectivity index (χ1) is 14.0. The van der Waals surface area contributed by atoms with E-state index in [-0.39, 0.29) is 6.61 Å². The molecule has 0 fully saturated rings. The maximum atomic E-state index is 12.8. The molecule has 2 aromatic carbocycles. The number of nitrogens with zero attached hydrogens (tertiary/aromatic N) is 3. The van der Waals surface area contributed by atoms with Gasteiger partial charge in [0.1, 0.15) is 6.04 Å². The summed E-state index contributed by atoms with van der Waals surface area (Å²) in [7, 11) is 0. The van der Waals surface area contributed by atoms with Crippen molar-refractivity contribution in [1.29, 1.82) is 0 Å². The highest BCUT2D eigenvalue weighted by Crippen LogP contribution is 2.41. The van der Waals surface area contributed by atoms with Crippen LogP contribution in [-0.2, 0) is 9.53 Å². The van der Waals surface area contributed by atoms with Crippen molar-refractivity contribution in [2.24, 2.45) is 0 Å². The van der Waals surface area contributed by atoms with Crippen molar-refractivity contribution >= 4 is 35.1 Å². The summed E-state index contributed by atoms with van der Waals surface area (Å²) in [5, 5.41) is 8.60. The molecule has 0 spiro atoms. The Hall–Kier alpha value is -2.83. The Kier molecular flexibility index (Phi) is 5.30. The average molecular weight is 429 g/mol. The zero-order valence-corrected chi connectivity index (χ0v) is 17.3. The first-order valence-electron chi connectivity index (χ1n) is 9.12. The first-order valence-corrected chi connectivity index (χ1v) is 9.87. The van der Waals surface area contributed by atoms with Crippen LogP contribution in [-0.4, -0.2) is 27.3 Å². The van der Waals surface area contributed by atoms with Gasteiger partial charge < -0.3 is 10.1 Å². The molecule has 1 aliphatic rings. The molecule has 8 heteroatoms. The molecule has 4 rings (SSSR count). The molecule has 29 heavy (non-hydrogen) atoms. The van der Waals surface area contributed by atoms with Crippen LogP contribution in [0.3, 0.4) is 0 Å². The van der Waals surface area contributed by atoms with Crippen LogP contribution in [0.4, 0.5) is 5.95 Å². The van der Waals surface area contributed by atoms with Gasteiger partial charge in [-0.2, -0.15) is 4.98 Å². The quantitative estimate of drug-likeness (QED) is 0.585. The van der Waals surface area contributed by atoms with Gasteiger partial charge in [-0.25, -0.2) is 9.48 Å². The number of carbonyl (C=O) groups excluding carboxylic acids is 1. The van der Waals surface area contributed by atoms with Gasteiger partial charge in [-0.1, -0.05) is 65.7 Å². The van der Waals surface area contributed by atoms with E-state index in [1.54, 1.807) is 30.7 Å². The van der Waals surface area contributed by atoms with E-state index < -0.39 is 12.0 Å². The molecule has 0 saturated carbocycles. The van der Waals surface area contributed by atoms with Gasteiger partial charge in [0.15, 0.2) is 5.82 Å². The number of esters is 1. The molecular weight excluding hydrogens is 411 g/mol. The second kappa shape index (κ2) is 7.89. The lowest BCUT2D eigenvalue weighted by molar-refractivity contribution is -0.139. The van der Waals surface area contributed by atoms with Gasteiger partial charge in [0.05, 0.1) is 22.2 Å². The summed E-state index contributed by atoms with van der Waals surface area (Å²) in [6.45, 7) is 3.82. The van der Waals surface area contributed by atoms with Gasteiger partial charge in [0, 0.05) is 16.8 Å². The van der Waals surface area contributed by atoms with Crippen LogP contribution >= 0.6 is 23.2 Å². The lowest BCUT2D eigenvalue weighted by atomic mass is 9.95. The summed E-state index contributed by atoms with van der Waals surface area (Å²) >= 11 is 12.8. The van der Waals surface area contributed by atoms with Crippen molar-refractivity contribution in [2.45, 2.75) is 19.9 Å². The normalized spacial score (nSPS) is 15.7. The highest BCUT2D eigenvalue weighted by Gasteiger charge is 2.36. The molecule has 0 bridgehead atoms. The number of fused-ring (bicyclic) bond motifs is 1. The number of rotatable bonds is 4. The molecule has 2 heterocycles. The molecule has 1 unspecified atom stereocenters. The Bertz CT molecular complexity index is 1110. The Labute approximate surface area is 178 Å². The maximum absolute atomic E-state index is 12.8. The predicted octanol–water partition coefficient (Wildman–Crippen LogP) is 5.10. The van der Waals surface area contributed by atoms with Crippen molar-refractivity contribution in [3.05, 3.63) is 75.4 Å². The predicted molar refractivity (Wildman–Crippen MR) is 113 cm³/mol. The largest absolute Gasteiger partial charge is 0.463 e. The highest BCUT2D eigenvalue weighted by atomic mass is 35.5. The third-order valence-corrected chi connectivity index (χ3v) is 5.49. The molecule has 1 aromatic heterocycles. The van der Waals surface area contributed by atoms with Gasteiger partial charge >= 0.3 is 5.97 Å². The minimum atomic E-state index is -0.624. The lowest BCUT2D eigenvalue weighted by Crippen LogP contribution is -2.30. The second-order valence-electron chi connectivity index (χ2n) is 6.50. The fourth-order valence-electron chi connectivity index (χ4n) is 3.35. The van der Waals surface area contributed by atoms with Crippen molar-refractivity contribution in [2.75, 3.05) is 11.9 Å². The summed E-state index contributed by atoms with van der Waals surface area (Å²) in [6.07, 6.45) is 0. The number of ether oxygens (including phenoxy) is 1. The van der Waals surface area contributed by atoms with Crippen molar-refractivity contribution < 1.29 is 9.53 Å². The van der Waals surface area contributed by atoms with Gasteiger partial charge in [0.25, 0.3) is 0 Å². The van der Waals surface area contributed by atoms with Crippen LogP contribution < -0.4 is 5.32 Å². The van der Waals surface area contributed by atoms with E-state index in [9.17, 15) is 4.79 Å². The second-order valence-corrected chi connectivity index (χ2v) is 7.28. The Morgan fingerprint density at radius 1 is 1.17 bits per heavy atom. The zero-order valence-electron chi connectivity index (χ0n) is 15.8. The number of aromatic nitrogens is 3. The highest BCUT2D eigenvalue weighted by molar-refractivity contribution is 6.42. The van der Waals surface area contributed by atoms with E-state index in [0.29, 0.717) is 38.7 Å². The van der Waals surface area contributed by atoms with Crippen molar-refractivity contribution in [3.8, 4) is 11.4 Å². The van der Waals surface area contributed by atoms with Crippen LogP contribution in [0.25, 0.3) is 11.4 Å². The molecule has 6 nitrogen and oxygen atoms in total. The minimum Gasteiger partial charge on any atom is -0.463 e. The van der Waals surface area contributed by atoms with E-state index in [4.69, 9.17) is 27.9 Å². The molecule has 0 radical (unpaired) electrons. The SMILES string of the molecule is CCOC(=O)C1=C(C)Nc2nc(-c3ccccc3)nn2C1c1cccc(Cl)c1Cl. The molecule has 0 saturated heterocycles. The van der Waals surface area contributed by atoms with Crippen LogP contribution in [0.15, 0.2) is 59.8 Å². The fourth-order valence-corrected chi connectivity index (χ4v) is 3.76. The Morgan fingerprint density at radius 3 is 2.66 bits per heavy atom. The average Bonchev–Trinajstić information content (AvgIpc) is 3.13. The van der Waals surface area contributed by atoms with Gasteiger partial charge in [-0.15, -0.1) is 5.10 Å². The van der Waals surface area contributed by atoms with E-state index in [0.717, 1.165) is 5.56 Å². The molecular formula is C21H18Cl2N4O2. The standard InChI is InChI=1S/C21H18Cl2N4O2/c1-3-29-20(28)16-12(2)24-21-25-19(13-8-5-4-6-9-13)26-27(21)18(16)14-10-7-11-15(22)17(14)23/h4-11,18H,3H2,1-2H3,(H,24,25,26). The summed E-state index contributed by atoms with van der Waals surface area (Å²) in [5.74, 6) is 0.602. The van der Waals surface area contributed by atoms with Crippen LogP contribution in [0.5, 0.6) is 0 Å². The van der Waals surface area contributed by atoms with Crippen LogP contribution in [0, 0.1) is 0 Å². The first kappa shape index (κ1) is 19.5. The third-order valence-electron chi connectivity index (χ3n) is 4.66. The summed E-state index contributed by atoms with van der Waals surface area (Å²) in [4.78, 5) is 17.4. The minimum absolute atomic E-state index is 0.255. The van der Waals surface area contributed by atoms with Gasteiger partial charge in [0.2, 0.25) is 5.95 Å². The number of hydrogen-bond donors (Lipinski definition) is 1.